The predicted octanol–water partition coefficient (Wildman–Crippen LogP) is 4.26. The number of anilines is 1. The summed E-state index contributed by atoms with van der Waals surface area (Å²) in [4.78, 5) is 31.4. The van der Waals surface area contributed by atoms with Gasteiger partial charge in [0.15, 0.2) is 0 Å². The number of pyridine rings is 1. The number of amides is 2. The Morgan fingerprint density at radius 3 is 2.37 bits per heavy atom. The van der Waals surface area contributed by atoms with E-state index in [1.165, 1.54) is 12.4 Å². The van der Waals surface area contributed by atoms with Crippen LogP contribution in [0, 0.1) is 0 Å². The molecule has 1 aromatic heterocycles. The summed E-state index contributed by atoms with van der Waals surface area (Å²) in [6.07, 6.45) is 6.27. The number of nitrogens with zero attached hydrogens (tertiary/aromatic N) is 2. The fourth-order valence-corrected chi connectivity index (χ4v) is 3.40. The van der Waals surface area contributed by atoms with Crippen molar-refractivity contribution >= 4 is 17.5 Å². The molecule has 5 heteroatoms. The second-order valence-corrected chi connectivity index (χ2v) is 8.06. The van der Waals surface area contributed by atoms with Gasteiger partial charge in [-0.2, -0.15) is 0 Å². The highest BCUT2D eigenvalue weighted by Gasteiger charge is 2.21. The summed E-state index contributed by atoms with van der Waals surface area (Å²) >= 11 is 0. The van der Waals surface area contributed by atoms with Gasteiger partial charge in [-0.3, -0.25) is 14.6 Å². The number of piperidine rings is 1. The number of aromatic nitrogens is 1. The van der Waals surface area contributed by atoms with E-state index in [-0.39, 0.29) is 17.2 Å². The molecule has 27 heavy (non-hydrogen) atoms. The van der Waals surface area contributed by atoms with Gasteiger partial charge in [0, 0.05) is 31.2 Å². The summed E-state index contributed by atoms with van der Waals surface area (Å²) in [5.74, 6) is -0.306. The molecule has 1 aromatic carbocycles. The molecule has 142 valence electrons. The molecule has 2 amide bonds. The van der Waals surface area contributed by atoms with Gasteiger partial charge in [0.05, 0.1) is 11.1 Å². The van der Waals surface area contributed by atoms with Crippen LogP contribution in [0.2, 0.25) is 0 Å². The van der Waals surface area contributed by atoms with E-state index in [2.05, 4.69) is 31.1 Å². The number of likely N-dealkylation sites (tertiary alicyclic amines) is 1. The van der Waals surface area contributed by atoms with Gasteiger partial charge < -0.3 is 10.2 Å². The Kier molecular flexibility index (Phi) is 5.59. The molecule has 1 saturated heterocycles. The Bertz CT molecular complexity index is 833. The van der Waals surface area contributed by atoms with Gasteiger partial charge in [-0.1, -0.05) is 39.0 Å². The Hall–Kier alpha value is -2.69. The van der Waals surface area contributed by atoms with Crippen molar-refractivity contribution < 1.29 is 9.59 Å². The number of benzene rings is 1. The van der Waals surface area contributed by atoms with E-state index in [0.29, 0.717) is 11.1 Å². The van der Waals surface area contributed by atoms with Crippen molar-refractivity contribution in [1.82, 2.24) is 9.88 Å². The van der Waals surface area contributed by atoms with E-state index in [9.17, 15) is 9.59 Å². The van der Waals surface area contributed by atoms with Crippen molar-refractivity contribution in [2.45, 2.75) is 45.4 Å². The molecule has 1 fully saturated rings. The summed E-state index contributed by atoms with van der Waals surface area (Å²) in [6, 6.07) is 9.42. The monoisotopic (exact) mass is 365 g/mol. The molecule has 1 N–H and O–H groups in total. The number of carbonyl (C=O) groups excluding carboxylic acids is 2. The van der Waals surface area contributed by atoms with Gasteiger partial charge in [0.2, 0.25) is 0 Å². The minimum Gasteiger partial charge on any atom is -0.339 e. The van der Waals surface area contributed by atoms with Crippen molar-refractivity contribution in [2.75, 3.05) is 18.4 Å². The van der Waals surface area contributed by atoms with Crippen LogP contribution in [0.25, 0.3) is 0 Å². The van der Waals surface area contributed by atoms with Crippen LogP contribution in [0.15, 0.2) is 42.7 Å². The third-order valence-corrected chi connectivity index (χ3v) is 4.87. The van der Waals surface area contributed by atoms with E-state index in [4.69, 9.17) is 0 Å². The number of para-hydroxylation sites is 1. The Morgan fingerprint density at radius 2 is 1.67 bits per heavy atom. The average Bonchev–Trinajstić information content (AvgIpc) is 2.68. The van der Waals surface area contributed by atoms with Gasteiger partial charge >= 0.3 is 0 Å². The molecular formula is C22H27N3O2. The van der Waals surface area contributed by atoms with Crippen LogP contribution in [0.5, 0.6) is 0 Å². The topological polar surface area (TPSA) is 62.3 Å². The molecule has 0 radical (unpaired) electrons. The molecule has 0 spiro atoms. The molecule has 3 rings (SSSR count). The third-order valence-electron chi connectivity index (χ3n) is 4.87. The molecule has 5 nitrogen and oxygen atoms in total. The molecule has 1 aliphatic rings. The molecule has 2 heterocycles. The number of hydrogen-bond donors (Lipinski definition) is 1. The minimum absolute atomic E-state index is 0.0491. The predicted molar refractivity (Wildman–Crippen MR) is 107 cm³/mol. The van der Waals surface area contributed by atoms with Crippen LogP contribution in [-0.4, -0.2) is 34.8 Å². The van der Waals surface area contributed by atoms with E-state index >= 15 is 0 Å². The van der Waals surface area contributed by atoms with E-state index in [0.717, 1.165) is 43.6 Å². The first-order valence-electron chi connectivity index (χ1n) is 9.51. The maximum absolute atomic E-state index is 12.8. The molecular weight excluding hydrogens is 338 g/mol. The molecule has 1 aliphatic heterocycles. The first-order chi connectivity index (χ1) is 12.9. The van der Waals surface area contributed by atoms with Crippen molar-refractivity contribution in [3.8, 4) is 0 Å². The van der Waals surface area contributed by atoms with Crippen LogP contribution in [-0.2, 0) is 5.41 Å². The van der Waals surface area contributed by atoms with Crippen molar-refractivity contribution in [2.24, 2.45) is 0 Å². The quantitative estimate of drug-likeness (QED) is 0.884. The van der Waals surface area contributed by atoms with E-state index < -0.39 is 0 Å². The zero-order chi connectivity index (χ0) is 19.4. The van der Waals surface area contributed by atoms with Gasteiger partial charge in [-0.15, -0.1) is 0 Å². The van der Waals surface area contributed by atoms with Crippen LogP contribution in [0.3, 0.4) is 0 Å². The third kappa shape index (κ3) is 4.54. The van der Waals surface area contributed by atoms with Crippen LogP contribution < -0.4 is 5.32 Å². The summed E-state index contributed by atoms with van der Waals surface area (Å²) in [5, 5.41) is 2.98. The second kappa shape index (κ2) is 7.91. The molecule has 2 aromatic rings. The Morgan fingerprint density at radius 1 is 1.00 bits per heavy atom. The number of hydrogen-bond acceptors (Lipinski definition) is 3. The molecule has 0 bridgehead atoms. The highest BCUT2D eigenvalue weighted by atomic mass is 16.2. The fourth-order valence-electron chi connectivity index (χ4n) is 3.40. The van der Waals surface area contributed by atoms with E-state index in [1.807, 2.05) is 29.2 Å². The first-order valence-corrected chi connectivity index (χ1v) is 9.51. The normalized spacial score (nSPS) is 14.7. The minimum atomic E-state index is -0.257. The molecule has 0 aliphatic carbocycles. The molecule has 0 saturated carbocycles. The number of nitrogens with one attached hydrogen (secondary N) is 1. The number of carbonyl (C=O) groups is 2. The summed E-state index contributed by atoms with van der Waals surface area (Å²) in [5.41, 5.74) is 2.61. The lowest BCUT2D eigenvalue weighted by Gasteiger charge is -2.26. The largest absolute Gasteiger partial charge is 0.339 e. The summed E-state index contributed by atoms with van der Waals surface area (Å²) < 4.78 is 0. The smallest absolute Gasteiger partial charge is 0.257 e. The zero-order valence-corrected chi connectivity index (χ0v) is 16.3. The van der Waals surface area contributed by atoms with Crippen molar-refractivity contribution in [1.29, 1.82) is 0 Å². The molecule has 0 unspecified atom stereocenters. The lowest BCUT2D eigenvalue weighted by Crippen LogP contribution is -2.35. The Labute approximate surface area is 160 Å². The summed E-state index contributed by atoms with van der Waals surface area (Å²) in [7, 11) is 0. The average molecular weight is 365 g/mol. The lowest BCUT2D eigenvalue weighted by molar-refractivity contribution is 0.0724. The molecule has 0 atom stereocenters. The highest BCUT2D eigenvalue weighted by Crippen LogP contribution is 2.29. The summed E-state index contributed by atoms with van der Waals surface area (Å²) in [6.45, 7) is 7.87. The zero-order valence-electron chi connectivity index (χ0n) is 16.3. The standard InChI is InChI=1S/C22H27N3O2/c1-22(2,3)18-9-5-6-10-19(18)24-20(26)16-13-17(15-23-14-16)21(27)25-11-7-4-8-12-25/h5-6,9-10,13-15H,4,7-8,11-12H2,1-3H3,(H,24,26). The van der Waals surface area contributed by atoms with Gasteiger partial charge in [0.1, 0.15) is 0 Å². The lowest BCUT2D eigenvalue weighted by atomic mass is 9.86. The van der Waals surface area contributed by atoms with Crippen LogP contribution in [0.4, 0.5) is 5.69 Å². The first kappa shape index (κ1) is 19.1. The maximum Gasteiger partial charge on any atom is 0.257 e. The van der Waals surface area contributed by atoms with Gasteiger partial charge in [-0.05, 0) is 42.4 Å². The Balaban J connectivity index is 1.79. The highest BCUT2D eigenvalue weighted by molar-refractivity contribution is 6.06. The number of rotatable bonds is 3. The van der Waals surface area contributed by atoms with Crippen molar-refractivity contribution in [3.63, 3.8) is 0 Å². The maximum atomic E-state index is 12.8. The SMILES string of the molecule is CC(C)(C)c1ccccc1NC(=O)c1cncc(C(=O)N2CCCCC2)c1. The van der Waals surface area contributed by atoms with Crippen LogP contribution >= 0.6 is 0 Å². The van der Waals surface area contributed by atoms with E-state index in [1.54, 1.807) is 6.07 Å². The van der Waals surface area contributed by atoms with Gasteiger partial charge in [0.25, 0.3) is 11.8 Å². The van der Waals surface area contributed by atoms with Crippen molar-refractivity contribution in [3.05, 3.63) is 59.4 Å². The fraction of sp³-hybridized carbons (Fsp3) is 0.409. The second-order valence-electron chi connectivity index (χ2n) is 8.06. The van der Waals surface area contributed by atoms with Crippen LogP contribution in [0.1, 0.15) is 66.3 Å². The van der Waals surface area contributed by atoms with Gasteiger partial charge in [-0.25, -0.2) is 0 Å².